The number of hydrogen-bond donors (Lipinski definition) is 1. The SMILES string of the molecule is [B]C(=O)NC([B])=O. The summed E-state index contributed by atoms with van der Waals surface area (Å²) < 4.78 is 0. The van der Waals surface area contributed by atoms with Crippen LogP contribution in [0.2, 0.25) is 0 Å². The number of rotatable bonds is 0. The number of hydrogen-bond acceptors (Lipinski definition) is 2. The van der Waals surface area contributed by atoms with E-state index in [2.05, 4.69) is 15.7 Å². The Morgan fingerprint density at radius 3 is 1.43 bits per heavy atom. The van der Waals surface area contributed by atoms with E-state index < -0.39 is 11.6 Å². The minimum atomic E-state index is -0.938. The van der Waals surface area contributed by atoms with E-state index in [1.165, 1.54) is 0 Å². The molecule has 0 aromatic heterocycles. The Kier molecular flexibility index (Phi) is 2.19. The van der Waals surface area contributed by atoms with Crippen LogP contribution in [0.4, 0.5) is 9.59 Å². The van der Waals surface area contributed by atoms with Gasteiger partial charge in [0.25, 0.3) is 0 Å². The van der Waals surface area contributed by atoms with Gasteiger partial charge < -0.3 is 5.32 Å². The molecule has 0 unspecified atom stereocenters. The minimum absolute atomic E-state index is 0.937. The van der Waals surface area contributed by atoms with Crippen LogP contribution in [0.3, 0.4) is 0 Å². The molecule has 0 aromatic carbocycles. The molecule has 4 radical (unpaired) electrons. The fourth-order valence-electron chi connectivity index (χ4n) is 0.121. The predicted molar refractivity (Wildman–Crippen MR) is 25.4 cm³/mol. The molecule has 0 fully saturated rings. The van der Waals surface area contributed by atoms with Crippen molar-refractivity contribution in [3.63, 3.8) is 0 Å². The van der Waals surface area contributed by atoms with Crippen molar-refractivity contribution in [2.75, 3.05) is 0 Å². The Morgan fingerprint density at radius 1 is 1.14 bits per heavy atom. The van der Waals surface area contributed by atoms with Gasteiger partial charge in [-0.15, -0.1) is 0 Å². The average Bonchev–Trinajstić information content (AvgIpc) is 1.27. The highest BCUT2D eigenvalue weighted by molar-refractivity contribution is 6.65. The van der Waals surface area contributed by atoms with E-state index in [9.17, 15) is 9.59 Å². The summed E-state index contributed by atoms with van der Waals surface area (Å²) in [6.07, 6.45) is 0. The Bertz CT molecular complexity index is 89.9. The third-order valence-corrected chi connectivity index (χ3v) is 0.246. The van der Waals surface area contributed by atoms with Gasteiger partial charge in [-0.3, -0.25) is 9.59 Å². The maximum atomic E-state index is 9.62. The number of carbonyl (C=O) groups excluding carboxylic acids is 2. The Balaban J connectivity index is 3.32. The highest BCUT2D eigenvalue weighted by Crippen LogP contribution is 1.57. The molecule has 0 spiro atoms. The standard InChI is InChI=1S/C2HB2NO2/c3-1(6)5-2(4)7/h(H,5,6,7). The first-order valence-corrected chi connectivity index (χ1v) is 1.49. The monoisotopic (exact) mass is 93.0 g/mol. The van der Waals surface area contributed by atoms with E-state index in [1.807, 2.05) is 0 Å². The van der Waals surface area contributed by atoms with Crippen LogP contribution in [-0.2, 0) is 0 Å². The summed E-state index contributed by atoms with van der Waals surface area (Å²) in [7, 11) is 8.88. The van der Waals surface area contributed by atoms with E-state index in [-0.39, 0.29) is 0 Å². The quantitative estimate of drug-likeness (QED) is 0.396. The molecule has 1 N–H and O–H groups in total. The summed E-state index contributed by atoms with van der Waals surface area (Å²) >= 11 is 0. The van der Waals surface area contributed by atoms with Crippen LogP contribution >= 0.6 is 0 Å². The van der Waals surface area contributed by atoms with Gasteiger partial charge in [0.1, 0.15) is 0 Å². The molecule has 0 aliphatic heterocycles. The first-order chi connectivity index (χ1) is 3.13. The third-order valence-electron chi connectivity index (χ3n) is 0.246. The van der Waals surface area contributed by atoms with Crippen LogP contribution < -0.4 is 5.32 Å². The molecule has 0 aliphatic rings. The lowest BCUT2D eigenvalue weighted by Gasteiger charge is -1.89. The number of carbonyl (C=O) groups is 2. The van der Waals surface area contributed by atoms with Crippen molar-refractivity contribution in [1.82, 2.24) is 5.32 Å². The van der Waals surface area contributed by atoms with E-state index in [1.54, 1.807) is 5.32 Å². The van der Waals surface area contributed by atoms with Crippen LogP contribution in [-0.4, -0.2) is 27.3 Å². The molecule has 2 amide bonds. The summed E-state index contributed by atoms with van der Waals surface area (Å²) in [6, 6.07) is 0. The van der Waals surface area contributed by atoms with Gasteiger partial charge in [0.15, 0.2) is 11.6 Å². The molecule has 7 heavy (non-hydrogen) atoms. The van der Waals surface area contributed by atoms with Gasteiger partial charge in [-0.1, -0.05) is 0 Å². The number of amides is 2. The highest BCUT2D eigenvalue weighted by Gasteiger charge is 1.89. The van der Waals surface area contributed by atoms with Gasteiger partial charge in [0.05, 0.1) is 0 Å². The van der Waals surface area contributed by atoms with Gasteiger partial charge in [-0.05, 0) is 0 Å². The highest BCUT2D eigenvalue weighted by atomic mass is 16.2. The van der Waals surface area contributed by atoms with Crippen molar-refractivity contribution < 1.29 is 9.59 Å². The van der Waals surface area contributed by atoms with E-state index >= 15 is 0 Å². The summed E-state index contributed by atoms with van der Waals surface area (Å²) in [5, 5.41) is 1.58. The summed E-state index contributed by atoms with van der Waals surface area (Å²) in [6.45, 7) is 0. The minimum Gasteiger partial charge on any atom is -0.317 e. The van der Waals surface area contributed by atoms with Gasteiger partial charge in [0.2, 0.25) is 15.7 Å². The molecule has 0 atom stereocenters. The molecule has 0 saturated heterocycles. The summed E-state index contributed by atoms with van der Waals surface area (Å²) in [5.74, 6) is -1.88. The van der Waals surface area contributed by atoms with Gasteiger partial charge in [-0.2, -0.15) is 0 Å². The molecule has 0 rings (SSSR count). The molecule has 5 heteroatoms. The van der Waals surface area contributed by atoms with Gasteiger partial charge in [-0.25, -0.2) is 0 Å². The second-order valence-corrected chi connectivity index (χ2v) is 0.854. The van der Waals surface area contributed by atoms with E-state index in [4.69, 9.17) is 0 Å². The van der Waals surface area contributed by atoms with Crippen molar-refractivity contribution in [3.05, 3.63) is 0 Å². The van der Waals surface area contributed by atoms with Crippen LogP contribution in [0.15, 0.2) is 0 Å². The second kappa shape index (κ2) is 2.44. The lowest BCUT2D eigenvalue weighted by atomic mass is 10.1. The van der Waals surface area contributed by atoms with Crippen molar-refractivity contribution in [2.24, 2.45) is 0 Å². The largest absolute Gasteiger partial charge is 0.317 e. The van der Waals surface area contributed by atoms with Crippen LogP contribution in [0.25, 0.3) is 0 Å². The smallest absolute Gasteiger partial charge is 0.201 e. The van der Waals surface area contributed by atoms with Crippen LogP contribution in [0, 0.1) is 0 Å². The molecule has 32 valence electrons. The van der Waals surface area contributed by atoms with E-state index in [0.717, 1.165) is 0 Å². The predicted octanol–water partition coefficient (Wildman–Crippen LogP) is -0.847. The van der Waals surface area contributed by atoms with Crippen molar-refractivity contribution in [1.29, 1.82) is 0 Å². The lowest BCUT2D eigenvalue weighted by Crippen LogP contribution is -2.27. The molecular formula is C2HB2NO2. The van der Waals surface area contributed by atoms with Crippen molar-refractivity contribution >= 4 is 27.3 Å². The fraction of sp³-hybridized carbons (Fsp3) is 0. The zero-order valence-electron chi connectivity index (χ0n) is 3.47. The first kappa shape index (κ1) is 6.27. The fourth-order valence-corrected chi connectivity index (χ4v) is 0.121. The first-order valence-electron chi connectivity index (χ1n) is 1.49. The molecule has 0 aromatic rings. The normalized spacial score (nSPS) is 7.43. The molecule has 0 aliphatic carbocycles. The van der Waals surface area contributed by atoms with Gasteiger partial charge >= 0.3 is 0 Å². The molecule has 3 nitrogen and oxygen atoms in total. The van der Waals surface area contributed by atoms with Crippen molar-refractivity contribution in [3.8, 4) is 0 Å². The number of nitrogens with one attached hydrogen (secondary N) is 1. The van der Waals surface area contributed by atoms with E-state index in [0.29, 0.717) is 0 Å². The zero-order valence-corrected chi connectivity index (χ0v) is 3.47. The average molecular weight is 92.7 g/mol. The molecular weight excluding hydrogens is 91.7 g/mol. The third kappa shape index (κ3) is 5.27. The molecule has 0 heterocycles. The molecule has 0 bridgehead atoms. The summed E-state index contributed by atoms with van der Waals surface area (Å²) in [5.41, 5.74) is 0. The van der Waals surface area contributed by atoms with Crippen LogP contribution in [0.1, 0.15) is 0 Å². The maximum Gasteiger partial charge on any atom is 0.201 e. The summed E-state index contributed by atoms with van der Waals surface area (Å²) in [4.78, 5) is 19.2. The maximum absolute atomic E-state index is 9.62. The van der Waals surface area contributed by atoms with Crippen molar-refractivity contribution in [2.45, 2.75) is 0 Å². The zero-order chi connectivity index (χ0) is 5.86. The van der Waals surface area contributed by atoms with Gasteiger partial charge in [0, 0.05) is 0 Å². The Hall–Kier alpha value is -0.730. The van der Waals surface area contributed by atoms with Crippen LogP contribution in [0.5, 0.6) is 0 Å². The second-order valence-electron chi connectivity index (χ2n) is 0.854. The lowest BCUT2D eigenvalue weighted by molar-refractivity contribution is 0.249. The Labute approximate surface area is 43.3 Å². The molecule has 0 saturated carbocycles. The topological polar surface area (TPSA) is 46.2 Å². The number of imide groups is 1. The Morgan fingerprint density at radius 2 is 1.43 bits per heavy atom.